The van der Waals surface area contributed by atoms with Gasteiger partial charge in [0.05, 0.1) is 10.9 Å². The number of rotatable bonds is 0. The van der Waals surface area contributed by atoms with Crippen LogP contribution in [0.2, 0.25) is 0 Å². The molecule has 0 saturated heterocycles. The molecule has 0 fully saturated rings. The van der Waals surface area contributed by atoms with E-state index in [0.717, 1.165) is 5.52 Å². The highest BCUT2D eigenvalue weighted by molar-refractivity contribution is 9.10. The van der Waals surface area contributed by atoms with Crippen molar-refractivity contribution in [3.05, 3.63) is 73.6 Å². The van der Waals surface area contributed by atoms with Gasteiger partial charge in [-0.25, -0.2) is 4.98 Å². The number of para-hydroxylation sites is 1. The van der Waals surface area contributed by atoms with E-state index in [1.165, 1.54) is 14.9 Å². The first-order valence-corrected chi connectivity index (χ1v) is 6.70. The molecule has 2 aliphatic carbocycles. The van der Waals surface area contributed by atoms with Gasteiger partial charge in [-0.15, -0.1) is 0 Å². The quantitative estimate of drug-likeness (QED) is 0.541. The number of H-pyrrole nitrogens is 1. The van der Waals surface area contributed by atoms with Gasteiger partial charge in [-0.05, 0) is 35.6 Å². The Morgan fingerprint density at radius 1 is 1.16 bits per heavy atom. The first-order chi connectivity index (χ1) is 9.15. The lowest BCUT2D eigenvalue weighted by Gasteiger charge is -2.02. The Kier molecular flexibility index (Phi) is 2.95. The van der Waals surface area contributed by atoms with E-state index in [4.69, 9.17) is 0 Å². The van der Waals surface area contributed by atoms with Gasteiger partial charge in [0, 0.05) is 4.47 Å². The number of fused-ring (bicyclic) bond motifs is 1. The molecule has 1 heterocycles. The Morgan fingerprint density at radius 2 is 1.95 bits per heavy atom. The molecule has 4 rings (SSSR count). The van der Waals surface area contributed by atoms with E-state index in [2.05, 4.69) is 44.1 Å². The van der Waals surface area contributed by atoms with Crippen LogP contribution >= 0.6 is 15.9 Å². The van der Waals surface area contributed by atoms with Gasteiger partial charge in [0.25, 0.3) is 5.56 Å². The van der Waals surface area contributed by atoms with Crippen LogP contribution in [0.5, 0.6) is 0 Å². The lowest BCUT2D eigenvalue weighted by molar-refractivity contribution is 1.06. The van der Waals surface area contributed by atoms with E-state index >= 15 is 0 Å². The fourth-order valence-corrected chi connectivity index (χ4v) is 2.55. The average Bonchev–Trinajstić information content (AvgIpc) is 2.36. The molecule has 0 amide bonds. The lowest BCUT2D eigenvalue weighted by atomic mass is 10.1. The van der Waals surface area contributed by atoms with Crippen LogP contribution in [0.4, 0.5) is 0 Å². The molecule has 0 bridgehead atoms. The average molecular weight is 315 g/mol. The summed E-state index contributed by atoms with van der Waals surface area (Å²) in [6.07, 6.45) is 0. The third kappa shape index (κ3) is 2.19. The van der Waals surface area contributed by atoms with Gasteiger partial charge in [0.1, 0.15) is 5.82 Å². The Labute approximate surface area is 117 Å². The summed E-state index contributed by atoms with van der Waals surface area (Å²) < 4.78 is 1.25. The fraction of sp³-hybridized carbons (Fsp3) is 0.0667. The van der Waals surface area contributed by atoms with Crippen molar-refractivity contribution in [2.45, 2.75) is 6.92 Å². The summed E-state index contributed by atoms with van der Waals surface area (Å²) in [4.78, 5) is 18.1. The monoisotopic (exact) mass is 314 g/mol. The minimum atomic E-state index is -0.0712. The van der Waals surface area contributed by atoms with Crippen molar-refractivity contribution in [1.29, 1.82) is 0 Å². The number of nitrogens with one attached hydrogen (secondary N) is 1. The Balaban J connectivity index is 0.000000132. The van der Waals surface area contributed by atoms with Gasteiger partial charge >= 0.3 is 0 Å². The van der Waals surface area contributed by atoms with E-state index in [9.17, 15) is 4.79 Å². The van der Waals surface area contributed by atoms with E-state index in [-0.39, 0.29) is 5.56 Å². The predicted octanol–water partition coefficient (Wildman–Crippen LogP) is 3.28. The zero-order chi connectivity index (χ0) is 13.4. The van der Waals surface area contributed by atoms with Gasteiger partial charge in [-0.1, -0.05) is 40.2 Å². The largest absolute Gasteiger partial charge is 0.310 e. The summed E-state index contributed by atoms with van der Waals surface area (Å²) in [5.74, 6) is 0.652. The second-order valence-electron chi connectivity index (χ2n) is 4.36. The van der Waals surface area contributed by atoms with Gasteiger partial charge < -0.3 is 4.98 Å². The zero-order valence-electron chi connectivity index (χ0n) is 10.3. The zero-order valence-corrected chi connectivity index (χ0v) is 11.9. The predicted molar refractivity (Wildman–Crippen MR) is 78.9 cm³/mol. The van der Waals surface area contributed by atoms with E-state index in [1.54, 1.807) is 13.0 Å². The molecule has 3 nitrogen and oxygen atoms in total. The maximum atomic E-state index is 11.3. The van der Waals surface area contributed by atoms with Crippen molar-refractivity contribution in [3.63, 3.8) is 0 Å². The standard InChI is InChI=1S/C9H8N2O.C6H3Br/c1-6-10-8-5-3-2-4-7(8)9(12)11-6;7-6-3-4-1-2-5(4)6/h2-5H,1H3,(H,10,11,12);1-3H. The molecule has 0 unspecified atom stereocenters. The Morgan fingerprint density at radius 3 is 2.47 bits per heavy atom. The second-order valence-corrected chi connectivity index (χ2v) is 5.22. The molecule has 19 heavy (non-hydrogen) atoms. The molecule has 2 aliphatic rings. The van der Waals surface area contributed by atoms with Crippen LogP contribution in [0.3, 0.4) is 0 Å². The molecule has 4 heteroatoms. The molecule has 0 saturated carbocycles. The minimum absolute atomic E-state index is 0.0712. The van der Waals surface area contributed by atoms with E-state index in [1.807, 2.05) is 18.2 Å². The number of aromatic amines is 1. The SMILES string of the molecule is Brc1cc2ccc1=2.Cc1nc2ccccc2c(=O)[nH]1. The molecule has 1 aromatic heterocycles. The number of aryl methyl sites for hydroxylation is 1. The number of halogens is 1. The molecule has 94 valence electrons. The highest BCUT2D eigenvalue weighted by Gasteiger charge is 1.99. The highest BCUT2D eigenvalue weighted by atomic mass is 79.9. The van der Waals surface area contributed by atoms with Crippen LogP contribution in [-0.4, -0.2) is 9.97 Å². The first kappa shape index (κ1) is 12.1. The van der Waals surface area contributed by atoms with Crippen LogP contribution in [0.1, 0.15) is 5.82 Å². The van der Waals surface area contributed by atoms with Crippen molar-refractivity contribution in [3.8, 4) is 0 Å². The van der Waals surface area contributed by atoms with Gasteiger partial charge in [0.2, 0.25) is 0 Å². The van der Waals surface area contributed by atoms with Crippen LogP contribution in [0, 0.1) is 17.4 Å². The van der Waals surface area contributed by atoms with Crippen LogP contribution < -0.4 is 5.56 Å². The highest BCUT2D eigenvalue weighted by Crippen LogP contribution is 2.20. The van der Waals surface area contributed by atoms with Crippen molar-refractivity contribution in [2.24, 2.45) is 0 Å². The van der Waals surface area contributed by atoms with Crippen molar-refractivity contribution >= 4 is 26.8 Å². The molecule has 0 atom stereocenters. The van der Waals surface area contributed by atoms with Gasteiger partial charge in [-0.2, -0.15) is 0 Å². The van der Waals surface area contributed by atoms with Crippen LogP contribution in [-0.2, 0) is 0 Å². The summed E-state index contributed by atoms with van der Waals surface area (Å²) in [6.45, 7) is 1.77. The summed E-state index contributed by atoms with van der Waals surface area (Å²) in [7, 11) is 0. The number of nitrogens with zero attached hydrogens (tertiary/aromatic N) is 1. The number of aromatic nitrogens is 2. The van der Waals surface area contributed by atoms with Crippen molar-refractivity contribution in [1.82, 2.24) is 9.97 Å². The van der Waals surface area contributed by atoms with Crippen molar-refractivity contribution < 1.29 is 0 Å². The summed E-state index contributed by atoms with van der Waals surface area (Å²) in [5.41, 5.74) is 0.678. The van der Waals surface area contributed by atoms with Crippen LogP contribution in [0.15, 0.2) is 51.7 Å². The van der Waals surface area contributed by atoms with Gasteiger partial charge in [0.15, 0.2) is 0 Å². The molecule has 0 aliphatic heterocycles. The van der Waals surface area contributed by atoms with Crippen LogP contribution in [0.25, 0.3) is 10.9 Å². The topological polar surface area (TPSA) is 45.8 Å². The third-order valence-corrected chi connectivity index (χ3v) is 3.67. The maximum absolute atomic E-state index is 11.3. The fourth-order valence-electron chi connectivity index (χ4n) is 1.95. The Hall–Kier alpha value is -1.94. The molecule has 1 aromatic carbocycles. The smallest absolute Gasteiger partial charge is 0.258 e. The summed E-state index contributed by atoms with van der Waals surface area (Å²) in [5, 5.41) is 3.43. The van der Waals surface area contributed by atoms with E-state index in [0.29, 0.717) is 11.2 Å². The first-order valence-electron chi connectivity index (χ1n) is 5.91. The van der Waals surface area contributed by atoms with Crippen molar-refractivity contribution in [2.75, 3.05) is 0 Å². The van der Waals surface area contributed by atoms with E-state index < -0.39 is 0 Å². The molecule has 1 N–H and O–H groups in total. The molecule has 0 radical (unpaired) electrons. The summed E-state index contributed by atoms with van der Waals surface area (Å²) >= 11 is 3.37. The minimum Gasteiger partial charge on any atom is -0.310 e. The third-order valence-electron chi connectivity index (χ3n) is 3.01. The normalized spacial score (nSPS) is 10.8. The molecule has 2 aromatic rings. The number of hydrogen-bond acceptors (Lipinski definition) is 2. The molecular weight excluding hydrogens is 304 g/mol. The Bertz CT molecular complexity index is 915. The second kappa shape index (κ2) is 4.63. The maximum Gasteiger partial charge on any atom is 0.258 e. The lowest BCUT2D eigenvalue weighted by Crippen LogP contribution is -2.09. The molecule has 0 spiro atoms. The molecular formula is C15H11BrN2O. The number of benzene rings is 2. The number of hydrogen-bond donors (Lipinski definition) is 1. The van der Waals surface area contributed by atoms with Gasteiger partial charge in [-0.3, -0.25) is 4.79 Å². The summed E-state index contributed by atoms with van der Waals surface area (Å²) in [6, 6.07) is 13.6.